The maximum Gasteiger partial charge on any atom is 0.221 e. The summed E-state index contributed by atoms with van der Waals surface area (Å²) < 4.78 is 5.98. The van der Waals surface area contributed by atoms with Gasteiger partial charge in [-0.3, -0.25) is 4.90 Å². The quantitative estimate of drug-likeness (QED) is 0.814. The van der Waals surface area contributed by atoms with Gasteiger partial charge in [0.15, 0.2) is 0 Å². The van der Waals surface area contributed by atoms with E-state index in [1.807, 2.05) is 13.0 Å². The Morgan fingerprint density at radius 2 is 2.10 bits per heavy atom. The monoisotopic (exact) mass is 303 g/mol. The number of ether oxygens (including phenoxy) is 1. The molecule has 0 spiro atoms. The first kappa shape index (κ1) is 14.3. The molecule has 0 radical (unpaired) electrons. The third-order valence-electron chi connectivity index (χ3n) is 3.73. The zero-order chi connectivity index (χ0) is 14.7. The second-order valence-corrected chi connectivity index (χ2v) is 5.70. The Bertz CT molecular complexity index is 606. The lowest BCUT2D eigenvalue weighted by atomic mass is 10.2. The average Bonchev–Trinajstić information content (AvgIpc) is 2.92. The average molecular weight is 304 g/mol. The van der Waals surface area contributed by atoms with Crippen LogP contribution in [0.1, 0.15) is 17.5 Å². The van der Waals surface area contributed by atoms with E-state index in [9.17, 15) is 0 Å². The number of hydrogen-bond acceptors (Lipinski definition) is 4. The summed E-state index contributed by atoms with van der Waals surface area (Å²) >= 11 is 5.99. The summed E-state index contributed by atoms with van der Waals surface area (Å²) in [6.45, 7) is 4.80. The predicted octanol–water partition coefficient (Wildman–Crippen LogP) is 3.09. The van der Waals surface area contributed by atoms with Crippen LogP contribution in [-0.4, -0.2) is 34.1 Å². The van der Waals surface area contributed by atoms with Crippen LogP contribution in [0.25, 0.3) is 0 Å². The highest BCUT2D eigenvalue weighted by Crippen LogP contribution is 2.24. The minimum atomic E-state index is 0.165. The summed E-state index contributed by atoms with van der Waals surface area (Å²) in [6.07, 6.45) is 2.62. The minimum absolute atomic E-state index is 0.165. The van der Waals surface area contributed by atoms with E-state index in [-0.39, 0.29) is 6.10 Å². The van der Waals surface area contributed by atoms with Crippen LogP contribution in [0.5, 0.6) is 5.88 Å². The molecule has 110 valence electrons. The van der Waals surface area contributed by atoms with Crippen molar-refractivity contribution in [2.45, 2.75) is 26.0 Å². The van der Waals surface area contributed by atoms with Gasteiger partial charge in [-0.1, -0.05) is 41.9 Å². The van der Waals surface area contributed by atoms with Crippen LogP contribution in [0.3, 0.4) is 0 Å². The van der Waals surface area contributed by atoms with Gasteiger partial charge in [-0.05, 0) is 18.9 Å². The fraction of sp³-hybridized carbons (Fsp3) is 0.375. The molecule has 0 aliphatic carbocycles. The van der Waals surface area contributed by atoms with E-state index in [4.69, 9.17) is 16.3 Å². The highest BCUT2D eigenvalue weighted by atomic mass is 35.5. The maximum absolute atomic E-state index is 5.99. The van der Waals surface area contributed by atoms with Gasteiger partial charge in [-0.25, -0.2) is 9.97 Å². The van der Waals surface area contributed by atoms with Crippen molar-refractivity contribution in [2.24, 2.45) is 0 Å². The van der Waals surface area contributed by atoms with Crippen molar-refractivity contribution in [1.29, 1.82) is 0 Å². The third-order valence-corrected chi connectivity index (χ3v) is 4.11. The van der Waals surface area contributed by atoms with Gasteiger partial charge in [0.05, 0.1) is 0 Å². The molecular formula is C16H18ClN3O. The van der Waals surface area contributed by atoms with E-state index in [0.29, 0.717) is 11.0 Å². The lowest BCUT2D eigenvalue weighted by molar-refractivity contribution is 0.189. The Morgan fingerprint density at radius 1 is 1.29 bits per heavy atom. The number of nitrogens with zero attached hydrogens (tertiary/aromatic N) is 3. The molecule has 21 heavy (non-hydrogen) atoms. The fourth-order valence-electron chi connectivity index (χ4n) is 2.57. The Hall–Kier alpha value is -1.65. The van der Waals surface area contributed by atoms with Crippen molar-refractivity contribution in [3.63, 3.8) is 0 Å². The van der Waals surface area contributed by atoms with E-state index in [2.05, 4.69) is 39.1 Å². The third kappa shape index (κ3) is 3.52. The number of likely N-dealkylation sites (tertiary alicyclic amines) is 1. The molecule has 0 amide bonds. The SMILES string of the molecule is Cc1c(Cl)ncnc1OC1CCN(Cc2ccccc2)C1. The van der Waals surface area contributed by atoms with Crippen LogP contribution in [0.2, 0.25) is 5.15 Å². The van der Waals surface area contributed by atoms with Gasteiger partial charge < -0.3 is 4.74 Å². The predicted molar refractivity (Wildman–Crippen MR) is 82.5 cm³/mol. The largest absolute Gasteiger partial charge is 0.473 e. The van der Waals surface area contributed by atoms with Gasteiger partial charge in [-0.15, -0.1) is 0 Å². The number of halogens is 1. The first-order chi connectivity index (χ1) is 10.2. The van der Waals surface area contributed by atoms with Gasteiger partial charge in [0.2, 0.25) is 5.88 Å². The number of aromatic nitrogens is 2. The van der Waals surface area contributed by atoms with Crippen molar-refractivity contribution in [3.05, 3.63) is 52.9 Å². The molecule has 3 rings (SSSR count). The van der Waals surface area contributed by atoms with Crippen LogP contribution in [0, 0.1) is 6.92 Å². The number of hydrogen-bond donors (Lipinski definition) is 0. The van der Waals surface area contributed by atoms with Gasteiger partial charge >= 0.3 is 0 Å². The second kappa shape index (κ2) is 6.41. The molecule has 1 aliphatic heterocycles. The molecule has 5 heteroatoms. The minimum Gasteiger partial charge on any atom is -0.473 e. The normalized spacial score (nSPS) is 18.9. The smallest absolute Gasteiger partial charge is 0.221 e. The molecule has 1 saturated heterocycles. The fourth-order valence-corrected chi connectivity index (χ4v) is 2.69. The summed E-state index contributed by atoms with van der Waals surface area (Å²) in [5.74, 6) is 0.599. The van der Waals surface area contributed by atoms with Crippen molar-refractivity contribution >= 4 is 11.6 Å². The standard InChI is InChI=1S/C16H18ClN3O/c1-12-15(17)18-11-19-16(12)21-14-7-8-20(10-14)9-13-5-3-2-4-6-13/h2-6,11,14H,7-10H2,1H3. The topological polar surface area (TPSA) is 38.3 Å². The lowest BCUT2D eigenvalue weighted by Gasteiger charge is -2.17. The Balaban J connectivity index is 1.59. The van der Waals surface area contributed by atoms with E-state index < -0.39 is 0 Å². The zero-order valence-corrected chi connectivity index (χ0v) is 12.8. The van der Waals surface area contributed by atoms with E-state index in [1.165, 1.54) is 11.9 Å². The molecule has 0 saturated carbocycles. The highest BCUT2D eigenvalue weighted by molar-refractivity contribution is 6.30. The zero-order valence-electron chi connectivity index (χ0n) is 12.0. The molecule has 1 atom stereocenters. The summed E-state index contributed by atoms with van der Waals surface area (Å²) in [4.78, 5) is 10.5. The van der Waals surface area contributed by atoms with Crippen LogP contribution in [-0.2, 0) is 6.54 Å². The van der Waals surface area contributed by atoms with Crippen molar-refractivity contribution in [3.8, 4) is 5.88 Å². The summed E-state index contributed by atoms with van der Waals surface area (Å²) in [6, 6.07) is 10.5. The summed E-state index contributed by atoms with van der Waals surface area (Å²) in [7, 11) is 0. The lowest BCUT2D eigenvalue weighted by Crippen LogP contribution is -2.25. The number of benzene rings is 1. The molecule has 1 aliphatic rings. The van der Waals surface area contributed by atoms with Crippen LogP contribution in [0.4, 0.5) is 0 Å². The maximum atomic E-state index is 5.99. The van der Waals surface area contributed by atoms with Crippen molar-refractivity contribution in [1.82, 2.24) is 14.9 Å². The Labute approximate surface area is 129 Å². The molecule has 2 heterocycles. The van der Waals surface area contributed by atoms with Crippen LogP contribution >= 0.6 is 11.6 Å². The van der Waals surface area contributed by atoms with Gasteiger partial charge in [0, 0.05) is 25.2 Å². The van der Waals surface area contributed by atoms with Gasteiger partial charge in [-0.2, -0.15) is 0 Å². The van der Waals surface area contributed by atoms with Crippen LogP contribution < -0.4 is 4.74 Å². The molecule has 1 aromatic heterocycles. The summed E-state index contributed by atoms with van der Waals surface area (Å²) in [5, 5.41) is 0.458. The second-order valence-electron chi connectivity index (χ2n) is 5.34. The van der Waals surface area contributed by atoms with Crippen molar-refractivity contribution in [2.75, 3.05) is 13.1 Å². The molecule has 1 aromatic carbocycles. The van der Waals surface area contributed by atoms with E-state index in [0.717, 1.165) is 31.6 Å². The van der Waals surface area contributed by atoms with E-state index >= 15 is 0 Å². The van der Waals surface area contributed by atoms with E-state index in [1.54, 1.807) is 0 Å². The Morgan fingerprint density at radius 3 is 2.90 bits per heavy atom. The molecule has 0 bridgehead atoms. The Kier molecular flexibility index (Phi) is 4.36. The van der Waals surface area contributed by atoms with Crippen LogP contribution in [0.15, 0.2) is 36.7 Å². The molecule has 2 aromatic rings. The first-order valence-corrected chi connectivity index (χ1v) is 7.50. The van der Waals surface area contributed by atoms with Gasteiger partial charge in [0.25, 0.3) is 0 Å². The first-order valence-electron chi connectivity index (χ1n) is 7.12. The highest BCUT2D eigenvalue weighted by Gasteiger charge is 2.25. The molecule has 1 fully saturated rings. The molecule has 0 N–H and O–H groups in total. The summed E-state index contributed by atoms with van der Waals surface area (Å²) in [5.41, 5.74) is 2.14. The van der Waals surface area contributed by atoms with Crippen molar-refractivity contribution < 1.29 is 4.74 Å². The number of rotatable bonds is 4. The molecule has 1 unspecified atom stereocenters. The molecular weight excluding hydrogens is 286 g/mol. The molecule has 4 nitrogen and oxygen atoms in total. The van der Waals surface area contributed by atoms with Gasteiger partial charge in [0.1, 0.15) is 17.6 Å².